The number of aliphatic hydroxyl groups is 1. The highest BCUT2D eigenvalue weighted by atomic mass is 16.5. The molecule has 5 heteroatoms. The van der Waals surface area contributed by atoms with E-state index in [1.807, 2.05) is 31.2 Å². The number of aliphatic hydroxyl groups excluding tert-OH is 1. The third-order valence-electron chi connectivity index (χ3n) is 4.44. The molecule has 1 aromatic rings. The van der Waals surface area contributed by atoms with Crippen molar-refractivity contribution in [2.24, 2.45) is 5.92 Å². The quantitative estimate of drug-likeness (QED) is 0.683. The van der Waals surface area contributed by atoms with Crippen LogP contribution in [0.15, 0.2) is 24.3 Å². The minimum atomic E-state index is -0.182. The van der Waals surface area contributed by atoms with Gasteiger partial charge in [0.25, 0.3) is 0 Å². The molecule has 1 saturated carbocycles. The molecule has 2 rings (SSSR count). The minimum absolute atomic E-state index is 0.151. The van der Waals surface area contributed by atoms with Crippen LogP contribution in [0, 0.1) is 5.92 Å². The van der Waals surface area contributed by atoms with Crippen molar-refractivity contribution in [2.45, 2.75) is 58.1 Å². The number of carbonyl (C=O) groups excluding carboxylic acids is 1. The molecule has 2 amide bonds. The summed E-state index contributed by atoms with van der Waals surface area (Å²) in [6.45, 7) is 3.19. The molecular formula is C19H30N2O3. The third kappa shape index (κ3) is 6.79. The molecule has 1 aliphatic carbocycles. The van der Waals surface area contributed by atoms with Gasteiger partial charge in [0.05, 0.1) is 6.10 Å². The highest BCUT2D eigenvalue weighted by molar-refractivity contribution is 5.73. The first-order chi connectivity index (χ1) is 11.7. The first-order valence-corrected chi connectivity index (χ1v) is 9.05. The summed E-state index contributed by atoms with van der Waals surface area (Å²) in [5.41, 5.74) is 1.03. The molecule has 1 atom stereocenters. The first kappa shape index (κ1) is 18.6. The van der Waals surface area contributed by atoms with Crippen LogP contribution >= 0.6 is 0 Å². The van der Waals surface area contributed by atoms with Crippen molar-refractivity contribution in [3.63, 3.8) is 0 Å². The fourth-order valence-electron chi connectivity index (χ4n) is 2.94. The zero-order valence-electron chi connectivity index (χ0n) is 14.6. The van der Waals surface area contributed by atoms with Crippen LogP contribution in [-0.2, 0) is 6.54 Å². The van der Waals surface area contributed by atoms with Gasteiger partial charge in [0, 0.05) is 19.7 Å². The lowest BCUT2D eigenvalue weighted by Gasteiger charge is -2.23. The highest BCUT2D eigenvalue weighted by Gasteiger charge is 2.14. The normalized spacial score (nSPS) is 16.4. The maximum absolute atomic E-state index is 11.8. The van der Waals surface area contributed by atoms with Gasteiger partial charge < -0.3 is 20.5 Å². The van der Waals surface area contributed by atoms with E-state index in [4.69, 9.17) is 9.84 Å². The standard InChI is InChI=1S/C19H30N2O3/c1-15(10-11-22)13-20-19(23)21-14-16-6-5-9-18(12-16)24-17-7-3-2-4-8-17/h5-6,9,12,15,17,22H,2-4,7-8,10-11,13-14H2,1H3,(H2,20,21,23). The third-order valence-corrected chi connectivity index (χ3v) is 4.44. The van der Waals surface area contributed by atoms with E-state index in [0.717, 1.165) is 24.2 Å². The molecule has 0 radical (unpaired) electrons. The van der Waals surface area contributed by atoms with Gasteiger partial charge in [0.1, 0.15) is 5.75 Å². The Balaban J connectivity index is 1.74. The molecule has 1 fully saturated rings. The highest BCUT2D eigenvalue weighted by Crippen LogP contribution is 2.23. The van der Waals surface area contributed by atoms with Gasteiger partial charge in [0.2, 0.25) is 0 Å². The molecule has 1 aromatic carbocycles. The second-order valence-electron chi connectivity index (χ2n) is 6.71. The lowest BCUT2D eigenvalue weighted by atomic mass is 9.98. The van der Waals surface area contributed by atoms with Gasteiger partial charge in [-0.1, -0.05) is 25.5 Å². The van der Waals surface area contributed by atoms with Crippen LogP contribution in [0.5, 0.6) is 5.75 Å². The Kier molecular flexibility index (Phi) is 7.89. The average Bonchev–Trinajstić information content (AvgIpc) is 2.60. The predicted molar refractivity (Wildman–Crippen MR) is 95.0 cm³/mol. The zero-order chi connectivity index (χ0) is 17.2. The number of carbonyl (C=O) groups is 1. The second-order valence-corrected chi connectivity index (χ2v) is 6.71. The van der Waals surface area contributed by atoms with E-state index < -0.39 is 0 Å². The van der Waals surface area contributed by atoms with Crippen molar-refractivity contribution in [2.75, 3.05) is 13.2 Å². The maximum atomic E-state index is 11.8. The number of ether oxygens (including phenoxy) is 1. The van der Waals surface area contributed by atoms with Crippen LogP contribution in [0.4, 0.5) is 4.79 Å². The van der Waals surface area contributed by atoms with Crippen molar-refractivity contribution >= 4 is 6.03 Å². The Hall–Kier alpha value is -1.75. The van der Waals surface area contributed by atoms with Crippen LogP contribution in [0.25, 0.3) is 0 Å². The van der Waals surface area contributed by atoms with Crippen LogP contribution in [0.2, 0.25) is 0 Å². The molecule has 3 N–H and O–H groups in total. The molecule has 0 aromatic heterocycles. The molecule has 134 valence electrons. The van der Waals surface area contributed by atoms with Crippen LogP contribution < -0.4 is 15.4 Å². The molecule has 1 aliphatic rings. The number of nitrogens with one attached hydrogen (secondary N) is 2. The van der Waals surface area contributed by atoms with E-state index in [1.54, 1.807) is 0 Å². The fourth-order valence-corrected chi connectivity index (χ4v) is 2.94. The van der Waals surface area contributed by atoms with Crippen molar-refractivity contribution < 1.29 is 14.6 Å². The first-order valence-electron chi connectivity index (χ1n) is 9.05. The minimum Gasteiger partial charge on any atom is -0.490 e. The summed E-state index contributed by atoms with van der Waals surface area (Å²) in [6, 6.07) is 7.76. The van der Waals surface area contributed by atoms with Gasteiger partial charge in [-0.3, -0.25) is 0 Å². The Labute approximate surface area is 144 Å². The molecule has 24 heavy (non-hydrogen) atoms. The van der Waals surface area contributed by atoms with Gasteiger partial charge in [-0.2, -0.15) is 0 Å². The molecule has 1 unspecified atom stereocenters. The smallest absolute Gasteiger partial charge is 0.315 e. The molecule has 0 bridgehead atoms. The lowest BCUT2D eigenvalue weighted by molar-refractivity contribution is 0.155. The average molecular weight is 334 g/mol. The van der Waals surface area contributed by atoms with Crippen molar-refractivity contribution in [1.29, 1.82) is 0 Å². The molecular weight excluding hydrogens is 304 g/mol. The van der Waals surface area contributed by atoms with Gasteiger partial charge >= 0.3 is 6.03 Å². The Bertz CT molecular complexity index is 501. The monoisotopic (exact) mass is 334 g/mol. The summed E-state index contributed by atoms with van der Waals surface area (Å²) in [5, 5.41) is 14.5. The molecule has 0 spiro atoms. The number of hydrogen-bond acceptors (Lipinski definition) is 3. The molecule has 5 nitrogen and oxygen atoms in total. The topological polar surface area (TPSA) is 70.6 Å². The van der Waals surface area contributed by atoms with Crippen LogP contribution in [0.3, 0.4) is 0 Å². The molecule has 0 aliphatic heterocycles. The van der Waals surface area contributed by atoms with E-state index in [2.05, 4.69) is 10.6 Å². The number of amides is 2. The van der Waals surface area contributed by atoms with Gasteiger partial charge in [-0.25, -0.2) is 4.79 Å². The predicted octanol–water partition coefficient (Wildman–Crippen LogP) is 3.22. The lowest BCUT2D eigenvalue weighted by Crippen LogP contribution is -2.37. The van der Waals surface area contributed by atoms with Crippen molar-refractivity contribution in [1.82, 2.24) is 10.6 Å². The summed E-state index contributed by atoms with van der Waals surface area (Å²) in [5.74, 6) is 1.16. The maximum Gasteiger partial charge on any atom is 0.315 e. The van der Waals surface area contributed by atoms with E-state index >= 15 is 0 Å². The Morgan fingerprint density at radius 2 is 2.08 bits per heavy atom. The number of urea groups is 1. The van der Waals surface area contributed by atoms with E-state index in [0.29, 0.717) is 25.6 Å². The summed E-state index contributed by atoms with van der Waals surface area (Å²) in [6.07, 6.45) is 7.12. The molecule has 0 saturated heterocycles. The van der Waals surface area contributed by atoms with Crippen molar-refractivity contribution in [3.05, 3.63) is 29.8 Å². The summed E-state index contributed by atoms with van der Waals surface area (Å²) < 4.78 is 6.06. The van der Waals surface area contributed by atoms with Gasteiger partial charge in [-0.15, -0.1) is 0 Å². The Morgan fingerprint density at radius 3 is 2.83 bits per heavy atom. The SMILES string of the molecule is CC(CCO)CNC(=O)NCc1cccc(OC2CCCCC2)c1. The summed E-state index contributed by atoms with van der Waals surface area (Å²) >= 11 is 0. The van der Waals surface area contributed by atoms with Crippen molar-refractivity contribution in [3.8, 4) is 5.75 Å². The second kappa shape index (κ2) is 10.2. The number of hydrogen-bond donors (Lipinski definition) is 3. The number of benzene rings is 1. The fraction of sp³-hybridized carbons (Fsp3) is 0.632. The van der Waals surface area contributed by atoms with Gasteiger partial charge in [0.15, 0.2) is 0 Å². The molecule has 0 heterocycles. The summed E-state index contributed by atoms with van der Waals surface area (Å²) in [4.78, 5) is 11.8. The zero-order valence-corrected chi connectivity index (χ0v) is 14.6. The van der Waals surface area contributed by atoms with Gasteiger partial charge in [-0.05, 0) is 55.7 Å². The number of rotatable bonds is 8. The largest absolute Gasteiger partial charge is 0.490 e. The Morgan fingerprint density at radius 1 is 1.29 bits per heavy atom. The van der Waals surface area contributed by atoms with E-state index in [9.17, 15) is 4.79 Å². The summed E-state index contributed by atoms with van der Waals surface area (Å²) in [7, 11) is 0. The van der Waals surface area contributed by atoms with Crippen LogP contribution in [-0.4, -0.2) is 30.4 Å². The van der Waals surface area contributed by atoms with E-state index in [-0.39, 0.29) is 18.6 Å². The van der Waals surface area contributed by atoms with E-state index in [1.165, 1.54) is 19.3 Å². The van der Waals surface area contributed by atoms with Crippen LogP contribution in [0.1, 0.15) is 51.0 Å².